The highest BCUT2D eigenvalue weighted by atomic mass is 16.5. The molecule has 0 bridgehead atoms. The fourth-order valence-electron chi connectivity index (χ4n) is 3.73. The first-order valence-corrected chi connectivity index (χ1v) is 9.42. The van der Waals surface area contributed by atoms with Crippen LogP contribution in [0.4, 0.5) is 0 Å². The van der Waals surface area contributed by atoms with Gasteiger partial charge in [-0.2, -0.15) is 5.10 Å². The van der Waals surface area contributed by atoms with E-state index in [2.05, 4.69) is 27.3 Å². The summed E-state index contributed by atoms with van der Waals surface area (Å²) in [4.78, 5) is 21.9. The summed E-state index contributed by atoms with van der Waals surface area (Å²) < 4.78 is 15.2. The number of fused-ring (bicyclic) bond motifs is 1. The molecule has 1 saturated heterocycles. The molecule has 1 aliphatic rings. The number of rotatable bonds is 5. The lowest BCUT2D eigenvalue weighted by molar-refractivity contribution is -0.0163. The van der Waals surface area contributed by atoms with Crippen LogP contribution >= 0.6 is 0 Å². The topological polar surface area (TPSA) is 96.1 Å². The van der Waals surface area contributed by atoms with Crippen LogP contribution in [0.2, 0.25) is 0 Å². The maximum atomic E-state index is 13.1. The van der Waals surface area contributed by atoms with Crippen LogP contribution in [0.3, 0.4) is 0 Å². The minimum absolute atomic E-state index is 0.178. The molecule has 4 rings (SSSR count). The average Bonchev–Trinajstić information content (AvgIpc) is 3.34. The smallest absolute Gasteiger partial charge is 0.256 e. The van der Waals surface area contributed by atoms with Crippen molar-refractivity contribution in [3.05, 3.63) is 36.2 Å². The molecule has 0 aromatic carbocycles. The van der Waals surface area contributed by atoms with E-state index in [9.17, 15) is 4.79 Å². The summed E-state index contributed by atoms with van der Waals surface area (Å²) in [5, 5.41) is 8.01. The molecule has 148 valence electrons. The maximum Gasteiger partial charge on any atom is 0.256 e. The molecule has 0 aliphatic carbocycles. The number of hydrogen-bond donors (Lipinski definition) is 1. The minimum Gasteiger partial charge on any atom is -0.495 e. The molecule has 1 N–H and O–H groups in total. The monoisotopic (exact) mass is 384 g/mol. The largest absolute Gasteiger partial charge is 0.495 e. The number of imidazole rings is 1. The van der Waals surface area contributed by atoms with Crippen LogP contribution in [-0.2, 0) is 18.3 Å². The summed E-state index contributed by atoms with van der Waals surface area (Å²) in [7, 11) is 3.34. The van der Waals surface area contributed by atoms with Crippen LogP contribution in [0.25, 0.3) is 11.0 Å². The van der Waals surface area contributed by atoms with Crippen LogP contribution in [-0.4, -0.2) is 50.0 Å². The zero-order valence-electron chi connectivity index (χ0n) is 16.3. The Hall–Kier alpha value is -2.94. The van der Waals surface area contributed by atoms with E-state index in [4.69, 9.17) is 9.47 Å². The standard InChI is InChI=1S/C19H24N6O3/c1-4-25-8-7-20-18(25)16-14(6-5-9-28-16)23-19(26)13-10-21-17-12(15(13)27-3)11-22-24(17)2/h7-8,10-11,14,16H,4-6,9H2,1-3H3,(H,23,26)/t14-,16-/m0/s1. The van der Waals surface area contributed by atoms with Gasteiger partial charge in [0.05, 0.1) is 24.7 Å². The van der Waals surface area contributed by atoms with Crippen molar-refractivity contribution in [3.8, 4) is 5.75 Å². The minimum atomic E-state index is -0.284. The van der Waals surface area contributed by atoms with E-state index in [1.807, 2.05) is 10.8 Å². The van der Waals surface area contributed by atoms with E-state index in [0.717, 1.165) is 25.2 Å². The second kappa shape index (κ2) is 7.59. The van der Waals surface area contributed by atoms with E-state index in [-0.39, 0.29) is 18.1 Å². The molecule has 1 amide bonds. The van der Waals surface area contributed by atoms with Crippen molar-refractivity contribution >= 4 is 16.9 Å². The summed E-state index contributed by atoms with van der Waals surface area (Å²) in [6.45, 7) is 3.51. The van der Waals surface area contributed by atoms with Gasteiger partial charge in [0.2, 0.25) is 0 Å². The summed E-state index contributed by atoms with van der Waals surface area (Å²) in [6, 6.07) is -0.178. The number of aryl methyl sites for hydroxylation is 2. The molecular weight excluding hydrogens is 360 g/mol. The maximum absolute atomic E-state index is 13.1. The Morgan fingerprint density at radius 2 is 2.25 bits per heavy atom. The lowest BCUT2D eigenvalue weighted by Crippen LogP contribution is -2.43. The average molecular weight is 384 g/mol. The Bertz CT molecular complexity index is 995. The highest BCUT2D eigenvalue weighted by molar-refractivity contribution is 6.02. The molecular formula is C19H24N6O3. The number of methoxy groups -OCH3 is 1. The quantitative estimate of drug-likeness (QED) is 0.721. The van der Waals surface area contributed by atoms with E-state index in [1.54, 1.807) is 31.2 Å². The Morgan fingerprint density at radius 3 is 3.04 bits per heavy atom. The Labute approximate surface area is 162 Å². The third-order valence-electron chi connectivity index (χ3n) is 5.14. The number of aromatic nitrogens is 5. The fourth-order valence-corrected chi connectivity index (χ4v) is 3.73. The number of carbonyl (C=O) groups is 1. The van der Waals surface area contributed by atoms with Gasteiger partial charge >= 0.3 is 0 Å². The van der Waals surface area contributed by atoms with Crippen molar-refractivity contribution in [2.75, 3.05) is 13.7 Å². The van der Waals surface area contributed by atoms with Gasteiger partial charge < -0.3 is 19.4 Å². The summed E-state index contributed by atoms with van der Waals surface area (Å²) in [5.41, 5.74) is 1.04. The van der Waals surface area contributed by atoms with Crippen LogP contribution in [0.15, 0.2) is 24.8 Å². The van der Waals surface area contributed by atoms with Gasteiger partial charge in [0.15, 0.2) is 5.65 Å². The molecule has 0 spiro atoms. The van der Waals surface area contributed by atoms with Gasteiger partial charge in [-0.3, -0.25) is 9.48 Å². The number of pyridine rings is 1. The highest BCUT2D eigenvalue weighted by Crippen LogP contribution is 2.30. The number of ether oxygens (including phenoxy) is 2. The zero-order chi connectivity index (χ0) is 19.7. The van der Waals surface area contributed by atoms with Crippen molar-refractivity contribution in [2.24, 2.45) is 7.05 Å². The molecule has 1 aliphatic heterocycles. The van der Waals surface area contributed by atoms with Gasteiger partial charge in [0, 0.05) is 38.8 Å². The lowest BCUT2D eigenvalue weighted by atomic mass is 10.0. The van der Waals surface area contributed by atoms with Crippen molar-refractivity contribution in [1.29, 1.82) is 0 Å². The number of amides is 1. The first-order chi connectivity index (χ1) is 13.6. The summed E-state index contributed by atoms with van der Waals surface area (Å²) in [6.07, 6.45) is 8.29. The molecule has 1 fully saturated rings. The Kier molecular flexibility index (Phi) is 4.99. The molecule has 9 nitrogen and oxygen atoms in total. The van der Waals surface area contributed by atoms with E-state index >= 15 is 0 Å². The normalized spacial score (nSPS) is 19.7. The van der Waals surface area contributed by atoms with Crippen LogP contribution < -0.4 is 10.1 Å². The zero-order valence-corrected chi connectivity index (χ0v) is 16.3. The summed E-state index contributed by atoms with van der Waals surface area (Å²) in [5.74, 6) is 1.06. The molecule has 3 aromatic rings. The van der Waals surface area contributed by atoms with Gasteiger partial charge in [0.25, 0.3) is 5.91 Å². The van der Waals surface area contributed by atoms with Gasteiger partial charge in [-0.15, -0.1) is 0 Å². The second-order valence-corrected chi connectivity index (χ2v) is 6.80. The molecule has 0 saturated carbocycles. The first-order valence-electron chi connectivity index (χ1n) is 9.42. The molecule has 0 radical (unpaired) electrons. The number of nitrogens with one attached hydrogen (secondary N) is 1. The number of carbonyl (C=O) groups excluding carboxylic acids is 1. The third-order valence-corrected chi connectivity index (χ3v) is 5.14. The Balaban J connectivity index is 1.62. The van der Waals surface area contributed by atoms with Crippen LogP contribution in [0.1, 0.15) is 42.1 Å². The van der Waals surface area contributed by atoms with Crippen LogP contribution in [0, 0.1) is 0 Å². The molecule has 9 heteroatoms. The van der Waals surface area contributed by atoms with Gasteiger partial charge in [-0.1, -0.05) is 0 Å². The Morgan fingerprint density at radius 1 is 1.39 bits per heavy atom. The predicted molar refractivity (Wildman–Crippen MR) is 102 cm³/mol. The molecule has 28 heavy (non-hydrogen) atoms. The van der Waals surface area contributed by atoms with Crippen molar-refractivity contribution in [3.63, 3.8) is 0 Å². The van der Waals surface area contributed by atoms with E-state index in [1.165, 1.54) is 6.20 Å². The van der Waals surface area contributed by atoms with Gasteiger partial charge in [0.1, 0.15) is 23.2 Å². The predicted octanol–water partition coefficient (Wildman–Crippen LogP) is 1.84. The molecule has 3 aromatic heterocycles. The first kappa shape index (κ1) is 18.4. The van der Waals surface area contributed by atoms with Crippen molar-refractivity contribution < 1.29 is 14.3 Å². The molecule has 4 heterocycles. The second-order valence-electron chi connectivity index (χ2n) is 6.80. The fraction of sp³-hybridized carbons (Fsp3) is 0.474. The SMILES string of the molecule is CCn1ccnc1[C@H]1OCCC[C@@H]1NC(=O)c1cnc2c(cnn2C)c1OC. The number of nitrogens with zero attached hydrogens (tertiary/aromatic N) is 5. The molecule has 0 unspecified atom stereocenters. The highest BCUT2D eigenvalue weighted by Gasteiger charge is 2.32. The van der Waals surface area contributed by atoms with E-state index in [0.29, 0.717) is 29.0 Å². The van der Waals surface area contributed by atoms with Crippen molar-refractivity contribution in [2.45, 2.75) is 38.5 Å². The van der Waals surface area contributed by atoms with Gasteiger partial charge in [-0.05, 0) is 19.8 Å². The van der Waals surface area contributed by atoms with Crippen molar-refractivity contribution in [1.82, 2.24) is 29.6 Å². The lowest BCUT2D eigenvalue weighted by Gasteiger charge is -2.32. The summed E-state index contributed by atoms with van der Waals surface area (Å²) >= 11 is 0. The van der Waals surface area contributed by atoms with Crippen LogP contribution in [0.5, 0.6) is 5.75 Å². The third kappa shape index (κ3) is 3.11. The van der Waals surface area contributed by atoms with E-state index < -0.39 is 0 Å². The molecule has 2 atom stereocenters. The van der Waals surface area contributed by atoms with Gasteiger partial charge in [-0.25, -0.2) is 9.97 Å². The number of hydrogen-bond acceptors (Lipinski definition) is 6.